The standard InChI is InChI=1S/C14H16F3N3O/c15-14(16,17)10-5-4-6-11-12(10)13(21)20(9-19-11)8-3-1-2-7-18/h4-6,9H,1-3,7-8,18H2. The zero-order chi connectivity index (χ0) is 15.5. The molecule has 0 amide bonds. The number of alkyl halides is 3. The Hall–Kier alpha value is -1.89. The van der Waals surface area contributed by atoms with E-state index in [1.807, 2.05) is 0 Å². The number of hydrogen-bond donors (Lipinski definition) is 1. The van der Waals surface area contributed by atoms with Crippen LogP contribution in [-0.2, 0) is 12.7 Å². The lowest BCUT2D eigenvalue weighted by molar-refractivity contribution is -0.136. The third-order valence-corrected chi connectivity index (χ3v) is 3.26. The molecule has 0 spiro atoms. The Morgan fingerprint density at radius 2 is 1.95 bits per heavy atom. The monoisotopic (exact) mass is 299 g/mol. The van der Waals surface area contributed by atoms with Gasteiger partial charge < -0.3 is 5.73 Å². The zero-order valence-electron chi connectivity index (χ0n) is 11.4. The Labute approximate surface area is 119 Å². The van der Waals surface area contributed by atoms with Crippen LogP contribution in [0.25, 0.3) is 10.9 Å². The molecule has 7 heteroatoms. The SMILES string of the molecule is NCCCCCn1cnc2cccc(C(F)(F)F)c2c1=O. The van der Waals surface area contributed by atoms with E-state index in [9.17, 15) is 18.0 Å². The van der Waals surface area contributed by atoms with Gasteiger partial charge in [0.1, 0.15) is 0 Å². The van der Waals surface area contributed by atoms with Gasteiger partial charge in [-0.3, -0.25) is 9.36 Å². The van der Waals surface area contributed by atoms with E-state index in [0.717, 1.165) is 18.9 Å². The van der Waals surface area contributed by atoms with Crippen LogP contribution in [0.3, 0.4) is 0 Å². The normalized spacial score (nSPS) is 12.0. The van der Waals surface area contributed by atoms with E-state index in [0.29, 0.717) is 19.5 Å². The molecule has 0 atom stereocenters. The fourth-order valence-electron chi connectivity index (χ4n) is 2.20. The summed E-state index contributed by atoms with van der Waals surface area (Å²) in [4.78, 5) is 16.2. The number of aryl methyl sites for hydroxylation is 1. The van der Waals surface area contributed by atoms with E-state index in [4.69, 9.17) is 5.73 Å². The number of aromatic nitrogens is 2. The summed E-state index contributed by atoms with van der Waals surface area (Å²) < 4.78 is 40.2. The first-order valence-corrected chi connectivity index (χ1v) is 6.70. The van der Waals surface area contributed by atoms with Crippen molar-refractivity contribution in [2.24, 2.45) is 5.73 Å². The minimum Gasteiger partial charge on any atom is -0.330 e. The molecule has 2 rings (SSSR count). The molecule has 114 valence electrons. The van der Waals surface area contributed by atoms with E-state index < -0.39 is 17.3 Å². The number of benzene rings is 1. The van der Waals surface area contributed by atoms with Gasteiger partial charge in [-0.15, -0.1) is 0 Å². The van der Waals surface area contributed by atoms with Crippen molar-refractivity contribution in [3.8, 4) is 0 Å². The number of hydrogen-bond acceptors (Lipinski definition) is 3. The van der Waals surface area contributed by atoms with Gasteiger partial charge in [0.2, 0.25) is 0 Å². The van der Waals surface area contributed by atoms with E-state index in [1.165, 1.54) is 23.0 Å². The van der Waals surface area contributed by atoms with E-state index in [-0.39, 0.29) is 10.9 Å². The molecule has 2 N–H and O–H groups in total. The molecule has 0 aliphatic carbocycles. The lowest BCUT2D eigenvalue weighted by Gasteiger charge is -2.11. The molecule has 0 fully saturated rings. The topological polar surface area (TPSA) is 60.9 Å². The van der Waals surface area contributed by atoms with Gasteiger partial charge in [0.25, 0.3) is 5.56 Å². The van der Waals surface area contributed by atoms with Crippen molar-refractivity contribution in [2.45, 2.75) is 32.0 Å². The maximum Gasteiger partial charge on any atom is 0.417 e. The van der Waals surface area contributed by atoms with Crippen molar-refractivity contribution in [3.05, 3.63) is 40.4 Å². The Bertz CT molecular complexity index is 679. The van der Waals surface area contributed by atoms with Gasteiger partial charge in [-0.05, 0) is 31.5 Å². The lowest BCUT2D eigenvalue weighted by atomic mass is 10.1. The van der Waals surface area contributed by atoms with Crippen LogP contribution >= 0.6 is 0 Å². The van der Waals surface area contributed by atoms with Crippen LogP contribution in [0, 0.1) is 0 Å². The number of halogens is 3. The molecule has 1 heterocycles. The Balaban J connectivity index is 2.43. The van der Waals surface area contributed by atoms with Crippen LogP contribution in [0.5, 0.6) is 0 Å². The number of fused-ring (bicyclic) bond motifs is 1. The summed E-state index contributed by atoms with van der Waals surface area (Å²) in [7, 11) is 0. The fraction of sp³-hybridized carbons (Fsp3) is 0.429. The van der Waals surface area contributed by atoms with Crippen molar-refractivity contribution < 1.29 is 13.2 Å². The highest BCUT2D eigenvalue weighted by atomic mass is 19.4. The lowest BCUT2D eigenvalue weighted by Crippen LogP contribution is -2.23. The van der Waals surface area contributed by atoms with Gasteiger partial charge >= 0.3 is 6.18 Å². The molecular weight excluding hydrogens is 283 g/mol. The molecule has 0 bridgehead atoms. The van der Waals surface area contributed by atoms with E-state index in [1.54, 1.807) is 0 Å². The van der Waals surface area contributed by atoms with Gasteiger partial charge in [-0.1, -0.05) is 12.5 Å². The molecule has 2 aromatic rings. The van der Waals surface area contributed by atoms with Crippen molar-refractivity contribution >= 4 is 10.9 Å². The van der Waals surface area contributed by atoms with Gasteiger partial charge in [-0.2, -0.15) is 13.2 Å². The average molecular weight is 299 g/mol. The first-order chi connectivity index (χ1) is 9.95. The predicted molar refractivity (Wildman–Crippen MR) is 73.9 cm³/mol. The first-order valence-electron chi connectivity index (χ1n) is 6.70. The van der Waals surface area contributed by atoms with Crippen molar-refractivity contribution in [1.82, 2.24) is 9.55 Å². The molecule has 0 saturated carbocycles. The summed E-state index contributed by atoms with van der Waals surface area (Å²) in [6, 6.07) is 3.57. The minimum absolute atomic E-state index is 0.0630. The maximum absolute atomic E-state index is 13.0. The molecule has 1 aromatic heterocycles. The van der Waals surface area contributed by atoms with Crippen molar-refractivity contribution in [2.75, 3.05) is 6.54 Å². The van der Waals surface area contributed by atoms with Crippen LogP contribution in [0.2, 0.25) is 0 Å². The largest absolute Gasteiger partial charge is 0.417 e. The summed E-state index contributed by atoms with van der Waals surface area (Å²) in [5.74, 6) is 0. The number of nitrogens with zero attached hydrogens (tertiary/aromatic N) is 2. The Morgan fingerprint density at radius 1 is 1.19 bits per heavy atom. The highest BCUT2D eigenvalue weighted by molar-refractivity contribution is 5.81. The van der Waals surface area contributed by atoms with Gasteiger partial charge in [0.05, 0.1) is 22.8 Å². The maximum atomic E-state index is 13.0. The van der Waals surface area contributed by atoms with Crippen LogP contribution in [0.15, 0.2) is 29.3 Å². The number of unbranched alkanes of at least 4 members (excludes halogenated alkanes) is 2. The van der Waals surface area contributed by atoms with Crippen LogP contribution < -0.4 is 11.3 Å². The fourth-order valence-corrected chi connectivity index (χ4v) is 2.20. The zero-order valence-corrected chi connectivity index (χ0v) is 11.4. The van der Waals surface area contributed by atoms with Crippen molar-refractivity contribution in [3.63, 3.8) is 0 Å². The second-order valence-corrected chi connectivity index (χ2v) is 4.79. The molecular formula is C14H16F3N3O. The quantitative estimate of drug-likeness (QED) is 0.863. The Kier molecular flexibility index (Phi) is 4.62. The molecule has 0 unspecified atom stereocenters. The predicted octanol–water partition coefficient (Wildman–Crippen LogP) is 2.54. The Morgan fingerprint density at radius 3 is 2.62 bits per heavy atom. The van der Waals surface area contributed by atoms with Crippen molar-refractivity contribution in [1.29, 1.82) is 0 Å². The molecule has 1 aromatic carbocycles. The summed E-state index contributed by atoms with van der Waals surface area (Å²) >= 11 is 0. The summed E-state index contributed by atoms with van der Waals surface area (Å²) in [5, 5.41) is -0.369. The van der Waals surface area contributed by atoms with Crippen LogP contribution in [-0.4, -0.2) is 16.1 Å². The summed E-state index contributed by atoms with van der Waals surface area (Å²) in [5.41, 5.74) is 3.85. The second kappa shape index (κ2) is 6.26. The molecule has 21 heavy (non-hydrogen) atoms. The number of nitrogens with two attached hydrogens (primary N) is 1. The van der Waals surface area contributed by atoms with Gasteiger partial charge in [-0.25, -0.2) is 4.98 Å². The smallest absolute Gasteiger partial charge is 0.330 e. The molecule has 0 aliphatic heterocycles. The summed E-state index contributed by atoms with van der Waals surface area (Å²) in [6.07, 6.45) is -0.948. The van der Waals surface area contributed by atoms with Crippen LogP contribution in [0.4, 0.5) is 13.2 Å². The average Bonchev–Trinajstić information content (AvgIpc) is 2.44. The van der Waals surface area contributed by atoms with Gasteiger partial charge in [0.15, 0.2) is 0 Å². The third kappa shape index (κ3) is 3.41. The first kappa shape index (κ1) is 15.5. The molecule has 4 nitrogen and oxygen atoms in total. The summed E-state index contributed by atoms with van der Waals surface area (Å²) in [6.45, 7) is 0.900. The molecule has 0 saturated heterocycles. The molecule has 0 aliphatic rings. The molecule has 0 radical (unpaired) electrons. The second-order valence-electron chi connectivity index (χ2n) is 4.79. The van der Waals surface area contributed by atoms with Crippen LogP contribution in [0.1, 0.15) is 24.8 Å². The highest BCUT2D eigenvalue weighted by Crippen LogP contribution is 2.32. The highest BCUT2D eigenvalue weighted by Gasteiger charge is 2.33. The van der Waals surface area contributed by atoms with E-state index in [2.05, 4.69) is 4.98 Å². The minimum atomic E-state index is -4.57. The van der Waals surface area contributed by atoms with Gasteiger partial charge in [0, 0.05) is 6.54 Å². The third-order valence-electron chi connectivity index (χ3n) is 3.26. The van der Waals surface area contributed by atoms with E-state index >= 15 is 0 Å². The number of rotatable bonds is 5.